The highest BCUT2D eigenvalue weighted by Crippen LogP contribution is 2.38. The van der Waals surface area contributed by atoms with Gasteiger partial charge in [0.1, 0.15) is 11.6 Å². The average molecular weight is 411 g/mol. The summed E-state index contributed by atoms with van der Waals surface area (Å²) in [5.41, 5.74) is -4.11. The van der Waals surface area contributed by atoms with E-state index in [9.17, 15) is 27.2 Å². The van der Waals surface area contributed by atoms with Gasteiger partial charge in [0.25, 0.3) is 6.43 Å². The molecule has 0 spiro atoms. The van der Waals surface area contributed by atoms with Crippen LogP contribution in [-0.4, -0.2) is 22.0 Å². The third-order valence-corrected chi connectivity index (χ3v) is 3.85. The van der Waals surface area contributed by atoms with Crippen molar-refractivity contribution in [3.8, 4) is 11.3 Å². The smallest absolute Gasteiger partial charge is 0.356 e. The molecule has 2 N–H and O–H groups in total. The van der Waals surface area contributed by atoms with Gasteiger partial charge in [-0.15, -0.1) is 0 Å². The van der Waals surface area contributed by atoms with Crippen LogP contribution in [0.1, 0.15) is 29.4 Å². The maximum absolute atomic E-state index is 14.4. The quantitative estimate of drug-likeness (QED) is 0.700. The number of halogens is 6. The van der Waals surface area contributed by atoms with Gasteiger partial charge in [0.2, 0.25) is 5.91 Å². The van der Waals surface area contributed by atoms with Gasteiger partial charge in [0, 0.05) is 6.92 Å². The lowest BCUT2D eigenvalue weighted by atomic mass is 10.0. The van der Waals surface area contributed by atoms with E-state index in [0.717, 1.165) is 13.0 Å². The Labute approximate surface area is 153 Å². The first-order chi connectivity index (χ1) is 12.0. The van der Waals surface area contributed by atoms with Gasteiger partial charge in [-0.3, -0.25) is 4.79 Å². The molecule has 0 radical (unpaired) electrons. The molecule has 0 atom stereocenters. The summed E-state index contributed by atoms with van der Waals surface area (Å²) in [6, 6.07) is 1.32. The number of pyridine rings is 1. The summed E-state index contributed by atoms with van der Waals surface area (Å²) < 4.78 is 54.6. The number of carboxylic acid groups (broad SMARTS) is 1. The minimum atomic E-state index is -3.36. The summed E-state index contributed by atoms with van der Waals surface area (Å²) in [4.78, 5) is 26.0. The molecule has 26 heavy (non-hydrogen) atoms. The molecule has 138 valence electrons. The Morgan fingerprint density at radius 1 is 1.23 bits per heavy atom. The highest BCUT2D eigenvalue weighted by atomic mass is 35.5. The minimum absolute atomic E-state index is 0.311. The molecule has 0 aliphatic carbocycles. The van der Waals surface area contributed by atoms with E-state index >= 15 is 0 Å². The molecule has 1 aromatic heterocycles. The third kappa shape index (κ3) is 3.73. The van der Waals surface area contributed by atoms with Crippen LogP contribution >= 0.6 is 23.2 Å². The zero-order chi connectivity index (χ0) is 19.8. The summed E-state index contributed by atoms with van der Waals surface area (Å²) in [7, 11) is 0. The van der Waals surface area contributed by atoms with Crippen molar-refractivity contribution in [3.63, 3.8) is 0 Å². The predicted octanol–water partition coefficient (Wildman–Crippen LogP) is 4.93. The molecule has 0 saturated carbocycles. The Hall–Kier alpha value is -2.39. The van der Waals surface area contributed by atoms with E-state index in [1.807, 2.05) is 0 Å². The van der Waals surface area contributed by atoms with Gasteiger partial charge in [-0.25, -0.2) is 27.3 Å². The SMILES string of the molecule is CC(=O)Nc1cc(-c2c(F)cc(Cl)c(C(F)F)c2F)nc(C(=O)O)c1Cl. The van der Waals surface area contributed by atoms with E-state index in [1.165, 1.54) is 0 Å². The number of amides is 1. The Bertz CT molecular complexity index is 922. The number of hydrogen-bond acceptors (Lipinski definition) is 3. The largest absolute Gasteiger partial charge is 0.476 e. The second-order valence-electron chi connectivity index (χ2n) is 4.95. The minimum Gasteiger partial charge on any atom is -0.476 e. The van der Waals surface area contributed by atoms with Gasteiger partial charge >= 0.3 is 5.97 Å². The normalized spacial score (nSPS) is 10.9. The van der Waals surface area contributed by atoms with Gasteiger partial charge in [-0.1, -0.05) is 23.2 Å². The first-order valence-electron chi connectivity index (χ1n) is 6.71. The van der Waals surface area contributed by atoms with Gasteiger partial charge in [-0.2, -0.15) is 0 Å². The lowest BCUT2D eigenvalue weighted by Crippen LogP contribution is -2.11. The highest BCUT2D eigenvalue weighted by Gasteiger charge is 2.27. The van der Waals surface area contributed by atoms with Crippen molar-refractivity contribution in [1.82, 2.24) is 4.98 Å². The number of alkyl halides is 2. The van der Waals surface area contributed by atoms with Crippen LogP contribution < -0.4 is 5.32 Å². The first kappa shape index (κ1) is 19.9. The second-order valence-corrected chi connectivity index (χ2v) is 5.73. The van der Waals surface area contributed by atoms with Crippen LogP contribution in [0.2, 0.25) is 10.0 Å². The summed E-state index contributed by atoms with van der Waals surface area (Å²) in [5.74, 6) is -5.38. The van der Waals surface area contributed by atoms with E-state index < -0.39 is 62.5 Å². The van der Waals surface area contributed by atoms with Crippen molar-refractivity contribution in [2.75, 3.05) is 5.32 Å². The number of nitrogens with zero attached hydrogens (tertiary/aromatic N) is 1. The lowest BCUT2D eigenvalue weighted by molar-refractivity contribution is -0.114. The van der Waals surface area contributed by atoms with Gasteiger partial charge in [-0.05, 0) is 12.1 Å². The number of aromatic nitrogens is 1. The van der Waals surface area contributed by atoms with Crippen molar-refractivity contribution >= 4 is 40.8 Å². The molecule has 2 rings (SSSR count). The van der Waals surface area contributed by atoms with Crippen LogP contribution in [0.4, 0.5) is 23.2 Å². The molecule has 0 saturated heterocycles. The van der Waals surface area contributed by atoms with Crippen molar-refractivity contribution in [1.29, 1.82) is 0 Å². The summed E-state index contributed by atoms with van der Waals surface area (Å²) in [6.45, 7) is 1.08. The standard InChI is InChI=1S/C15H8Cl2F4N2O3/c1-4(24)22-8-3-7(23-13(11(8)17)15(25)26)10-6(18)2-5(16)9(12(10)19)14(20)21/h2-3,14H,1H3,(H,25,26)(H,22,23,24). The van der Waals surface area contributed by atoms with Crippen molar-refractivity contribution in [2.45, 2.75) is 13.3 Å². The molecule has 1 aromatic carbocycles. The van der Waals surface area contributed by atoms with Crippen LogP contribution in [0, 0.1) is 11.6 Å². The Morgan fingerprint density at radius 3 is 2.35 bits per heavy atom. The fourth-order valence-corrected chi connectivity index (χ4v) is 2.61. The molecule has 2 aromatic rings. The maximum atomic E-state index is 14.4. The zero-order valence-corrected chi connectivity index (χ0v) is 14.2. The maximum Gasteiger partial charge on any atom is 0.356 e. The number of benzene rings is 1. The number of rotatable bonds is 4. The molecule has 0 aliphatic rings. The van der Waals surface area contributed by atoms with Crippen molar-refractivity contribution in [2.24, 2.45) is 0 Å². The molecular weight excluding hydrogens is 403 g/mol. The number of carbonyl (C=O) groups excluding carboxylic acids is 1. The molecule has 1 amide bonds. The average Bonchev–Trinajstić information content (AvgIpc) is 2.48. The molecule has 0 fully saturated rings. The Balaban J connectivity index is 2.84. The van der Waals surface area contributed by atoms with Crippen molar-refractivity contribution in [3.05, 3.63) is 45.1 Å². The predicted molar refractivity (Wildman–Crippen MR) is 85.8 cm³/mol. The van der Waals surface area contributed by atoms with E-state index in [-0.39, 0.29) is 5.69 Å². The van der Waals surface area contributed by atoms with E-state index in [0.29, 0.717) is 6.07 Å². The number of carbonyl (C=O) groups is 2. The van der Waals surface area contributed by atoms with Crippen LogP contribution in [0.15, 0.2) is 12.1 Å². The van der Waals surface area contributed by atoms with Gasteiger partial charge in [0.15, 0.2) is 5.69 Å². The topological polar surface area (TPSA) is 79.3 Å². The number of hydrogen-bond donors (Lipinski definition) is 2. The zero-order valence-electron chi connectivity index (χ0n) is 12.7. The van der Waals surface area contributed by atoms with Crippen molar-refractivity contribution < 1.29 is 32.3 Å². The summed E-state index contributed by atoms with van der Waals surface area (Å²) >= 11 is 11.3. The van der Waals surface area contributed by atoms with Crippen LogP contribution in [0.5, 0.6) is 0 Å². The molecule has 11 heteroatoms. The summed E-state index contributed by atoms with van der Waals surface area (Å²) in [5, 5.41) is 9.97. The number of anilines is 1. The van der Waals surface area contributed by atoms with Gasteiger partial charge < -0.3 is 10.4 Å². The number of carboxylic acids is 1. The van der Waals surface area contributed by atoms with Crippen LogP contribution in [-0.2, 0) is 4.79 Å². The third-order valence-electron chi connectivity index (χ3n) is 3.15. The fourth-order valence-electron chi connectivity index (χ4n) is 2.12. The first-order valence-corrected chi connectivity index (χ1v) is 7.47. The molecular formula is C15H8Cl2F4N2O3. The number of nitrogens with one attached hydrogen (secondary N) is 1. The van der Waals surface area contributed by atoms with E-state index in [2.05, 4.69) is 10.3 Å². The molecule has 0 unspecified atom stereocenters. The van der Waals surface area contributed by atoms with Crippen LogP contribution in [0.3, 0.4) is 0 Å². The molecule has 1 heterocycles. The molecule has 0 bridgehead atoms. The lowest BCUT2D eigenvalue weighted by Gasteiger charge is -2.14. The molecule has 0 aliphatic heterocycles. The fraction of sp³-hybridized carbons (Fsp3) is 0.133. The van der Waals surface area contributed by atoms with Gasteiger partial charge in [0.05, 0.1) is 32.6 Å². The van der Waals surface area contributed by atoms with Crippen LogP contribution in [0.25, 0.3) is 11.3 Å². The summed E-state index contributed by atoms with van der Waals surface area (Å²) in [6.07, 6.45) is -3.36. The second kappa shape index (κ2) is 7.46. The Kier molecular flexibility index (Phi) is 5.72. The van der Waals surface area contributed by atoms with E-state index in [4.69, 9.17) is 28.3 Å². The monoisotopic (exact) mass is 410 g/mol. The Morgan fingerprint density at radius 2 is 1.85 bits per heavy atom. The molecule has 5 nitrogen and oxygen atoms in total. The highest BCUT2D eigenvalue weighted by molar-refractivity contribution is 6.36. The number of aromatic carboxylic acids is 1. The van der Waals surface area contributed by atoms with E-state index in [1.54, 1.807) is 0 Å².